The summed E-state index contributed by atoms with van der Waals surface area (Å²) in [6.45, 7) is 8.61. The zero-order valence-electron chi connectivity index (χ0n) is 11.0. The van der Waals surface area contributed by atoms with E-state index in [4.69, 9.17) is 15.2 Å². The van der Waals surface area contributed by atoms with E-state index in [2.05, 4.69) is 19.9 Å². The summed E-state index contributed by atoms with van der Waals surface area (Å²) in [7, 11) is 0. The molecule has 1 aromatic rings. The van der Waals surface area contributed by atoms with E-state index in [1.54, 1.807) is 0 Å². The van der Waals surface area contributed by atoms with Crippen molar-refractivity contribution < 1.29 is 9.47 Å². The fourth-order valence-corrected chi connectivity index (χ4v) is 2.01. The van der Waals surface area contributed by atoms with Crippen LogP contribution >= 0.6 is 0 Å². The molecule has 0 aliphatic carbocycles. The van der Waals surface area contributed by atoms with E-state index in [9.17, 15) is 0 Å². The Morgan fingerprint density at radius 2 is 2.12 bits per heavy atom. The molecule has 1 aliphatic rings. The summed E-state index contributed by atoms with van der Waals surface area (Å²) < 4.78 is 11.9. The smallest absolute Gasteiger partial charge is 0.165 e. The Balaban J connectivity index is 2.30. The van der Waals surface area contributed by atoms with Gasteiger partial charge >= 0.3 is 0 Å². The van der Waals surface area contributed by atoms with E-state index in [0.29, 0.717) is 6.54 Å². The minimum absolute atomic E-state index is 0.144. The van der Waals surface area contributed by atoms with Gasteiger partial charge in [-0.2, -0.15) is 0 Å². The highest BCUT2D eigenvalue weighted by atomic mass is 16.5. The van der Waals surface area contributed by atoms with Gasteiger partial charge in [0.05, 0.1) is 0 Å². The lowest BCUT2D eigenvalue weighted by atomic mass is 10.0. The van der Waals surface area contributed by atoms with Crippen molar-refractivity contribution in [1.82, 2.24) is 0 Å². The lowest BCUT2D eigenvalue weighted by molar-refractivity contribution is 0.0960. The number of rotatable bonds is 3. The minimum Gasteiger partial charge on any atom is -0.483 e. The first kappa shape index (κ1) is 12.2. The highest BCUT2D eigenvalue weighted by molar-refractivity contribution is 5.50. The van der Waals surface area contributed by atoms with Crippen molar-refractivity contribution >= 4 is 0 Å². The first-order valence-electron chi connectivity index (χ1n) is 6.03. The van der Waals surface area contributed by atoms with Gasteiger partial charge in [-0.3, -0.25) is 0 Å². The number of hydrogen-bond donors (Lipinski definition) is 1. The second-order valence-electron chi connectivity index (χ2n) is 5.85. The van der Waals surface area contributed by atoms with Crippen LogP contribution in [0.3, 0.4) is 0 Å². The molecule has 0 aromatic heterocycles. The van der Waals surface area contributed by atoms with Crippen LogP contribution in [0.1, 0.15) is 33.3 Å². The average Bonchev–Trinajstić information content (AvgIpc) is 2.53. The van der Waals surface area contributed by atoms with E-state index < -0.39 is 0 Å². The number of ether oxygens (including phenoxy) is 2. The van der Waals surface area contributed by atoms with Crippen LogP contribution in [0.25, 0.3) is 0 Å². The van der Waals surface area contributed by atoms with Crippen LogP contribution in [-0.2, 0) is 6.42 Å². The van der Waals surface area contributed by atoms with Crippen molar-refractivity contribution in [3.05, 3.63) is 23.8 Å². The third-order valence-corrected chi connectivity index (χ3v) is 2.93. The van der Waals surface area contributed by atoms with E-state index in [1.807, 2.05) is 26.0 Å². The second kappa shape index (κ2) is 3.91. The Kier molecular flexibility index (Phi) is 2.82. The molecule has 3 nitrogen and oxygen atoms in total. The summed E-state index contributed by atoms with van der Waals surface area (Å²) >= 11 is 0. The molecule has 0 saturated heterocycles. The lowest BCUT2D eigenvalue weighted by Crippen LogP contribution is -2.37. The van der Waals surface area contributed by atoms with Crippen LogP contribution in [0.5, 0.6) is 11.5 Å². The van der Waals surface area contributed by atoms with Crippen molar-refractivity contribution in [3.63, 3.8) is 0 Å². The van der Waals surface area contributed by atoms with Crippen LogP contribution < -0.4 is 15.2 Å². The molecule has 1 heterocycles. The summed E-state index contributed by atoms with van der Waals surface area (Å²) in [6.07, 6.45) is 0.919. The first-order valence-corrected chi connectivity index (χ1v) is 6.03. The topological polar surface area (TPSA) is 44.5 Å². The summed E-state index contributed by atoms with van der Waals surface area (Å²) in [5.74, 6) is 1.67. The molecule has 0 spiro atoms. The van der Waals surface area contributed by atoms with Gasteiger partial charge in [-0.1, -0.05) is 12.1 Å². The van der Waals surface area contributed by atoms with Crippen LogP contribution in [0, 0.1) is 0 Å². The largest absolute Gasteiger partial charge is 0.483 e. The number of hydrogen-bond acceptors (Lipinski definition) is 3. The average molecular weight is 235 g/mol. The molecular formula is C14H21NO2. The number of fused-ring (bicyclic) bond motifs is 1. The Bertz CT molecular complexity index is 424. The van der Waals surface area contributed by atoms with Crippen LogP contribution in [0.2, 0.25) is 0 Å². The van der Waals surface area contributed by atoms with Crippen molar-refractivity contribution in [2.24, 2.45) is 5.73 Å². The maximum Gasteiger partial charge on any atom is 0.165 e. The summed E-state index contributed by atoms with van der Waals surface area (Å²) in [5, 5.41) is 0. The highest BCUT2D eigenvalue weighted by Crippen LogP contribution is 2.42. The predicted octanol–water partition coefficient (Wildman–Crippen LogP) is 2.52. The Labute approximate surface area is 103 Å². The number of nitrogens with two attached hydrogens (primary N) is 1. The van der Waals surface area contributed by atoms with Gasteiger partial charge in [-0.05, 0) is 33.8 Å². The maximum atomic E-state index is 5.95. The molecule has 2 N–H and O–H groups in total. The van der Waals surface area contributed by atoms with Gasteiger partial charge in [-0.15, -0.1) is 0 Å². The molecule has 0 atom stereocenters. The first-order chi connectivity index (χ1) is 7.83. The number of benzene rings is 1. The van der Waals surface area contributed by atoms with Gasteiger partial charge < -0.3 is 15.2 Å². The SMILES string of the molecule is CC(C)(CN)Oc1cccc2c1OC(C)(C)C2. The van der Waals surface area contributed by atoms with Gasteiger partial charge in [0.1, 0.15) is 11.2 Å². The number of para-hydroxylation sites is 1. The Hall–Kier alpha value is -1.22. The third kappa shape index (κ3) is 2.55. The zero-order valence-corrected chi connectivity index (χ0v) is 11.0. The normalized spacial score (nSPS) is 17.5. The molecule has 94 valence electrons. The fourth-order valence-electron chi connectivity index (χ4n) is 2.01. The van der Waals surface area contributed by atoms with Gasteiger partial charge in [0, 0.05) is 18.5 Å². The van der Waals surface area contributed by atoms with Crippen molar-refractivity contribution in [2.45, 2.75) is 45.3 Å². The van der Waals surface area contributed by atoms with Crippen molar-refractivity contribution in [1.29, 1.82) is 0 Å². The predicted molar refractivity (Wildman–Crippen MR) is 68.6 cm³/mol. The van der Waals surface area contributed by atoms with Crippen LogP contribution in [0.15, 0.2) is 18.2 Å². The molecule has 0 amide bonds. The van der Waals surface area contributed by atoms with Crippen molar-refractivity contribution in [2.75, 3.05) is 6.54 Å². The fraction of sp³-hybridized carbons (Fsp3) is 0.571. The molecule has 0 radical (unpaired) electrons. The van der Waals surface area contributed by atoms with Gasteiger partial charge in [-0.25, -0.2) is 0 Å². The van der Waals surface area contributed by atoms with Gasteiger partial charge in [0.2, 0.25) is 0 Å². The van der Waals surface area contributed by atoms with Gasteiger partial charge in [0.25, 0.3) is 0 Å². The Morgan fingerprint density at radius 3 is 2.76 bits per heavy atom. The van der Waals surface area contributed by atoms with E-state index in [0.717, 1.165) is 17.9 Å². The molecule has 3 heteroatoms. The maximum absolute atomic E-state index is 5.95. The van der Waals surface area contributed by atoms with E-state index in [-0.39, 0.29) is 11.2 Å². The lowest BCUT2D eigenvalue weighted by Gasteiger charge is -2.26. The standard InChI is InChI=1S/C14H21NO2/c1-13(2)8-10-6-5-7-11(12(10)17-13)16-14(3,4)9-15/h5-7H,8-9,15H2,1-4H3. The second-order valence-corrected chi connectivity index (χ2v) is 5.85. The summed E-state index contributed by atoms with van der Waals surface area (Å²) in [4.78, 5) is 0. The molecule has 0 unspecified atom stereocenters. The van der Waals surface area contributed by atoms with Crippen LogP contribution in [-0.4, -0.2) is 17.7 Å². The molecule has 17 heavy (non-hydrogen) atoms. The Morgan fingerprint density at radius 1 is 1.41 bits per heavy atom. The van der Waals surface area contributed by atoms with Gasteiger partial charge in [0.15, 0.2) is 11.5 Å². The summed E-state index contributed by atoms with van der Waals surface area (Å²) in [5.41, 5.74) is 6.38. The molecule has 1 aromatic carbocycles. The van der Waals surface area contributed by atoms with Crippen LogP contribution in [0.4, 0.5) is 0 Å². The highest BCUT2D eigenvalue weighted by Gasteiger charge is 2.33. The molecule has 0 bridgehead atoms. The third-order valence-electron chi connectivity index (χ3n) is 2.93. The quantitative estimate of drug-likeness (QED) is 0.875. The van der Waals surface area contributed by atoms with Crippen molar-refractivity contribution in [3.8, 4) is 11.5 Å². The van der Waals surface area contributed by atoms with E-state index >= 15 is 0 Å². The molecular weight excluding hydrogens is 214 g/mol. The molecule has 2 rings (SSSR count). The molecule has 1 aliphatic heterocycles. The monoisotopic (exact) mass is 235 g/mol. The summed E-state index contributed by atoms with van der Waals surface area (Å²) in [6, 6.07) is 6.04. The molecule has 0 fully saturated rings. The zero-order chi connectivity index (χ0) is 12.7. The minimum atomic E-state index is -0.370. The molecule has 0 saturated carbocycles. The van der Waals surface area contributed by atoms with E-state index in [1.165, 1.54) is 5.56 Å².